The number of piperidine rings is 1. The van der Waals surface area contributed by atoms with E-state index in [0.29, 0.717) is 17.9 Å². The molecule has 8 nitrogen and oxygen atoms in total. The van der Waals surface area contributed by atoms with E-state index in [0.717, 1.165) is 36.2 Å². The number of aromatic nitrogens is 5. The Labute approximate surface area is 156 Å². The van der Waals surface area contributed by atoms with E-state index in [9.17, 15) is 4.79 Å². The predicted octanol–water partition coefficient (Wildman–Crippen LogP) is 2.18. The molecule has 27 heavy (non-hydrogen) atoms. The fraction of sp³-hybridized carbons (Fsp3) is 0.368. The summed E-state index contributed by atoms with van der Waals surface area (Å²) in [5.41, 5.74) is 4.20. The monoisotopic (exact) mass is 364 g/mol. The lowest BCUT2D eigenvalue weighted by atomic mass is 9.93. The molecule has 0 aromatic carbocycles. The molecule has 3 aromatic rings. The Hall–Kier alpha value is -3.16. The molecule has 0 N–H and O–H groups in total. The third-order valence-electron chi connectivity index (χ3n) is 4.94. The molecule has 0 bridgehead atoms. The summed E-state index contributed by atoms with van der Waals surface area (Å²) >= 11 is 0. The molecular formula is C19H20N6O2. The van der Waals surface area contributed by atoms with Gasteiger partial charge < -0.3 is 4.90 Å². The van der Waals surface area contributed by atoms with Crippen LogP contribution in [0.4, 0.5) is 0 Å². The van der Waals surface area contributed by atoms with E-state index in [-0.39, 0.29) is 18.2 Å². The molecule has 3 aromatic heterocycles. The van der Waals surface area contributed by atoms with E-state index in [1.54, 1.807) is 19.3 Å². The van der Waals surface area contributed by atoms with Gasteiger partial charge in [0.15, 0.2) is 0 Å². The van der Waals surface area contributed by atoms with Crippen molar-refractivity contribution in [3.05, 3.63) is 54.1 Å². The zero-order valence-electron chi connectivity index (χ0n) is 15.1. The van der Waals surface area contributed by atoms with Gasteiger partial charge in [0.25, 0.3) is 0 Å². The summed E-state index contributed by atoms with van der Waals surface area (Å²) in [6.45, 7) is 3.23. The first-order valence-electron chi connectivity index (χ1n) is 8.98. The van der Waals surface area contributed by atoms with Crippen molar-refractivity contribution in [1.82, 2.24) is 30.2 Å². The molecule has 1 unspecified atom stereocenters. The van der Waals surface area contributed by atoms with Gasteiger partial charge in [-0.3, -0.25) is 9.78 Å². The maximum atomic E-state index is 12.6. The smallest absolute Gasteiger partial charge is 0.228 e. The van der Waals surface area contributed by atoms with Crippen LogP contribution >= 0.6 is 0 Å². The molecule has 1 aliphatic heterocycles. The van der Waals surface area contributed by atoms with Gasteiger partial charge in [0, 0.05) is 54.4 Å². The van der Waals surface area contributed by atoms with Gasteiger partial charge in [-0.25, -0.2) is 14.6 Å². The molecule has 0 aliphatic carbocycles. The highest BCUT2D eigenvalue weighted by molar-refractivity contribution is 5.78. The maximum absolute atomic E-state index is 12.6. The number of aryl methyl sites for hydroxylation is 1. The van der Waals surface area contributed by atoms with Crippen LogP contribution in [0.2, 0.25) is 0 Å². The first-order valence-corrected chi connectivity index (χ1v) is 8.98. The summed E-state index contributed by atoms with van der Waals surface area (Å²) in [6.07, 6.45) is 9.10. The minimum Gasteiger partial charge on any atom is -0.342 e. The summed E-state index contributed by atoms with van der Waals surface area (Å²) in [7, 11) is 0. The quantitative estimate of drug-likeness (QED) is 0.700. The van der Waals surface area contributed by atoms with E-state index in [1.165, 1.54) is 6.33 Å². The van der Waals surface area contributed by atoms with Crippen molar-refractivity contribution in [3.8, 4) is 11.1 Å². The summed E-state index contributed by atoms with van der Waals surface area (Å²) in [4.78, 5) is 27.2. The standard InChI is InChI=1S/C19H20N6O2/c1-13-18(24-27-23-13)7-19(26)25-6-2-3-15(11-25)17-5-4-14(10-22-17)16-8-20-12-21-9-16/h4-5,8-10,12,15H,2-3,6-7,11H2,1H3. The van der Waals surface area contributed by atoms with Crippen molar-refractivity contribution in [1.29, 1.82) is 0 Å². The highest BCUT2D eigenvalue weighted by Crippen LogP contribution is 2.27. The van der Waals surface area contributed by atoms with Crippen LogP contribution in [0.1, 0.15) is 35.8 Å². The Morgan fingerprint density at radius 2 is 2.04 bits per heavy atom. The predicted molar refractivity (Wildman–Crippen MR) is 96.6 cm³/mol. The van der Waals surface area contributed by atoms with Crippen LogP contribution in [0.3, 0.4) is 0 Å². The first kappa shape index (κ1) is 17.3. The highest BCUT2D eigenvalue weighted by Gasteiger charge is 2.26. The molecule has 1 amide bonds. The Bertz CT molecular complexity index is 909. The average Bonchev–Trinajstić information content (AvgIpc) is 3.13. The molecule has 8 heteroatoms. The van der Waals surface area contributed by atoms with E-state index in [2.05, 4.69) is 29.9 Å². The van der Waals surface area contributed by atoms with Crippen LogP contribution in [0, 0.1) is 6.92 Å². The number of amides is 1. The summed E-state index contributed by atoms with van der Waals surface area (Å²) in [5, 5.41) is 7.54. The summed E-state index contributed by atoms with van der Waals surface area (Å²) in [5.74, 6) is 0.289. The number of rotatable bonds is 4. The van der Waals surface area contributed by atoms with Crippen LogP contribution in [0.5, 0.6) is 0 Å². The molecule has 138 valence electrons. The van der Waals surface area contributed by atoms with Gasteiger partial charge in [-0.05, 0) is 25.8 Å². The molecule has 0 saturated carbocycles. The number of pyridine rings is 1. The normalized spacial score (nSPS) is 17.1. The largest absolute Gasteiger partial charge is 0.342 e. The Kier molecular flexibility index (Phi) is 4.86. The van der Waals surface area contributed by atoms with Crippen LogP contribution in [-0.4, -0.2) is 49.2 Å². The molecule has 0 spiro atoms. The molecule has 0 radical (unpaired) electrons. The second-order valence-corrected chi connectivity index (χ2v) is 6.75. The van der Waals surface area contributed by atoms with Crippen molar-refractivity contribution in [2.45, 2.75) is 32.1 Å². The van der Waals surface area contributed by atoms with Crippen molar-refractivity contribution >= 4 is 5.91 Å². The molecular weight excluding hydrogens is 344 g/mol. The lowest BCUT2D eigenvalue weighted by molar-refractivity contribution is -0.131. The van der Waals surface area contributed by atoms with Gasteiger partial charge in [0.2, 0.25) is 5.91 Å². The number of carbonyl (C=O) groups is 1. The van der Waals surface area contributed by atoms with Gasteiger partial charge in [0.05, 0.1) is 6.42 Å². The molecule has 1 saturated heterocycles. The second-order valence-electron chi connectivity index (χ2n) is 6.75. The van der Waals surface area contributed by atoms with E-state index in [1.807, 2.05) is 23.2 Å². The zero-order valence-corrected chi connectivity index (χ0v) is 15.1. The lowest BCUT2D eigenvalue weighted by Crippen LogP contribution is -2.40. The first-order chi connectivity index (χ1) is 13.2. The van der Waals surface area contributed by atoms with E-state index in [4.69, 9.17) is 0 Å². The van der Waals surface area contributed by atoms with Crippen molar-refractivity contribution < 1.29 is 9.42 Å². The van der Waals surface area contributed by atoms with Gasteiger partial charge in [-0.15, -0.1) is 0 Å². The number of hydrogen-bond acceptors (Lipinski definition) is 7. The molecule has 1 aliphatic rings. The number of nitrogens with zero attached hydrogens (tertiary/aromatic N) is 6. The Balaban J connectivity index is 1.43. The van der Waals surface area contributed by atoms with E-state index < -0.39 is 0 Å². The molecule has 1 fully saturated rings. The zero-order chi connectivity index (χ0) is 18.6. The lowest BCUT2D eigenvalue weighted by Gasteiger charge is -2.32. The molecule has 4 heterocycles. The third kappa shape index (κ3) is 3.84. The van der Waals surface area contributed by atoms with E-state index >= 15 is 0 Å². The topological polar surface area (TPSA) is 97.9 Å². The van der Waals surface area contributed by atoms with Crippen LogP contribution in [-0.2, 0) is 11.2 Å². The molecule has 1 atom stereocenters. The number of carbonyl (C=O) groups excluding carboxylic acids is 1. The van der Waals surface area contributed by atoms with Crippen molar-refractivity contribution in [2.75, 3.05) is 13.1 Å². The second kappa shape index (κ2) is 7.61. The average molecular weight is 364 g/mol. The minimum atomic E-state index is 0.0524. The van der Waals surface area contributed by atoms with Crippen molar-refractivity contribution in [3.63, 3.8) is 0 Å². The summed E-state index contributed by atoms with van der Waals surface area (Å²) < 4.78 is 4.68. The van der Waals surface area contributed by atoms with Crippen molar-refractivity contribution in [2.24, 2.45) is 0 Å². The van der Waals surface area contributed by atoms with Crippen LogP contribution in [0.25, 0.3) is 11.1 Å². The SMILES string of the molecule is Cc1nonc1CC(=O)N1CCCC(c2ccc(-c3cncnc3)cn2)C1. The number of likely N-dealkylation sites (tertiary alicyclic amines) is 1. The van der Waals surface area contributed by atoms with Crippen LogP contribution in [0.15, 0.2) is 41.7 Å². The molecule has 4 rings (SSSR count). The fourth-order valence-electron chi connectivity index (χ4n) is 3.38. The Morgan fingerprint density at radius 1 is 1.19 bits per heavy atom. The van der Waals surface area contributed by atoms with Gasteiger partial charge >= 0.3 is 0 Å². The highest BCUT2D eigenvalue weighted by atomic mass is 16.6. The number of hydrogen-bond donors (Lipinski definition) is 0. The van der Waals surface area contributed by atoms with Gasteiger partial charge in [-0.1, -0.05) is 16.4 Å². The maximum Gasteiger partial charge on any atom is 0.228 e. The van der Waals surface area contributed by atoms with Crippen LogP contribution < -0.4 is 0 Å². The fourth-order valence-corrected chi connectivity index (χ4v) is 3.38. The Morgan fingerprint density at radius 3 is 2.74 bits per heavy atom. The van der Waals surface area contributed by atoms with Gasteiger partial charge in [-0.2, -0.15) is 0 Å². The third-order valence-corrected chi connectivity index (χ3v) is 4.94. The van der Waals surface area contributed by atoms with Gasteiger partial charge in [0.1, 0.15) is 17.7 Å². The summed E-state index contributed by atoms with van der Waals surface area (Å²) in [6, 6.07) is 4.07. The minimum absolute atomic E-state index is 0.0524.